The number of hydrogen-bond donors (Lipinski definition) is 1. The predicted molar refractivity (Wildman–Crippen MR) is 92.9 cm³/mol. The molecule has 0 fully saturated rings. The van der Waals surface area contributed by atoms with E-state index in [0.717, 1.165) is 16.2 Å². The van der Waals surface area contributed by atoms with Crippen molar-refractivity contribution in [2.24, 2.45) is 0 Å². The highest BCUT2D eigenvalue weighted by atomic mass is 35.5. The molecule has 0 aliphatic carbocycles. The molecule has 0 aliphatic rings. The summed E-state index contributed by atoms with van der Waals surface area (Å²) in [5.74, 6) is 0. The lowest BCUT2D eigenvalue weighted by Crippen LogP contribution is -2.06. The van der Waals surface area contributed by atoms with Crippen molar-refractivity contribution in [3.05, 3.63) is 57.6 Å². The molecule has 0 saturated carbocycles. The number of halogens is 2. The average molecular weight is 337 g/mol. The van der Waals surface area contributed by atoms with Gasteiger partial charge >= 0.3 is 0 Å². The molecule has 0 amide bonds. The van der Waals surface area contributed by atoms with Crippen molar-refractivity contribution in [2.45, 2.75) is 19.9 Å². The maximum absolute atomic E-state index is 6.25. The van der Waals surface area contributed by atoms with Crippen molar-refractivity contribution >= 4 is 49.9 Å². The van der Waals surface area contributed by atoms with Crippen LogP contribution in [0, 0.1) is 6.92 Å². The second kappa shape index (κ2) is 5.84. The molecule has 0 bridgehead atoms. The summed E-state index contributed by atoms with van der Waals surface area (Å²) in [5, 5.41) is 5.62. The van der Waals surface area contributed by atoms with Gasteiger partial charge in [-0.15, -0.1) is 0 Å². The van der Waals surface area contributed by atoms with Gasteiger partial charge in [0.1, 0.15) is 0 Å². The van der Waals surface area contributed by atoms with Gasteiger partial charge in [-0.3, -0.25) is 0 Å². The summed E-state index contributed by atoms with van der Waals surface area (Å²) in [6, 6.07) is 11.9. The molecular weight excluding hydrogens is 323 g/mol. The Bertz CT molecular complexity index is 798. The summed E-state index contributed by atoms with van der Waals surface area (Å²) >= 11 is 13.8. The fourth-order valence-corrected chi connectivity index (χ4v) is 3.83. The maximum Gasteiger partial charge on any atom is 0.184 e. The highest BCUT2D eigenvalue weighted by Crippen LogP contribution is 2.32. The predicted octanol–water partition coefficient (Wildman–Crippen LogP) is 6.08. The van der Waals surface area contributed by atoms with Crippen molar-refractivity contribution in [3.63, 3.8) is 0 Å². The van der Waals surface area contributed by atoms with Crippen LogP contribution in [0.15, 0.2) is 36.4 Å². The number of fused-ring (bicyclic) bond motifs is 1. The van der Waals surface area contributed by atoms with Gasteiger partial charge < -0.3 is 5.32 Å². The fraction of sp³-hybridized carbons (Fsp3) is 0.188. The Morgan fingerprint density at radius 1 is 1.14 bits per heavy atom. The third kappa shape index (κ3) is 3.15. The summed E-state index contributed by atoms with van der Waals surface area (Å²) < 4.78 is 1.19. The monoisotopic (exact) mass is 336 g/mol. The molecule has 3 aromatic rings. The number of aromatic nitrogens is 1. The number of nitrogens with zero attached hydrogens (tertiary/aromatic N) is 1. The van der Waals surface area contributed by atoms with Gasteiger partial charge in [-0.25, -0.2) is 4.98 Å². The Hall–Kier alpha value is -1.29. The Morgan fingerprint density at radius 2 is 1.95 bits per heavy atom. The third-order valence-corrected chi connectivity index (χ3v) is 4.82. The van der Waals surface area contributed by atoms with E-state index in [-0.39, 0.29) is 6.04 Å². The van der Waals surface area contributed by atoms with E-state index >= 15 is 0 Å². The lowest BCUT2D eigenvalue weighted by atomic mass is 10.1. The maximum atomic E-state index is 6.25. The van der Waals surface area contributed by atoms with Gasteiger partial charge in [-0.2, -0.15) is 0 Å². The van der Waals surface area contributed by atoms with Crippen LogP contribution in [0.3, 0.4) is 0 Å². The Morgan fingerprint density at radius 3 is 2.71 bits per heavy atom. The summed E-state index contributed by atoms with van der Waals surface area (Å²) in [6.07, 6.45) is 0. The standard InChI is InChI=1S/C16H14Cl2N2S/c1-9-3-6-14-15(7-9)21-16(20-14)19-10(2)12-5-4-11(17)8-13(12)18/h3-8,10H,1-2H3,(H,19,20). The van der Waals surface area contributed by atoms with Crippen LogP contribution >= 0.6 is 34.5 Å². The van der Waals surface area contributed by atoms with E-state index < -0.39 is 0 Å². The van der Waals surface area contributed by atoms with Crippen LogP contribution in [0.1, 0.15) is 24.1 Å². The van der Waals surface area contributed by atoms with Crippen molar-refractivity contribution in [3.8, 4) is 0 Å². The van der Waals surface area contributed by atoms with Crippen LogP contribution in [0.4, 0.5) is 5.13 Å². The smallest absolute Gasteiger partial charge is 0.184 e. The quantitative estimate of drug-likeness (QED) is 0.626. The van der Waals surface area contributed by atoms with Gasteiger partial charge in [0.2, 0.25) is 0 Å². The molecule has 108 valence electrons. The first-order valence-corrected chi connectivity index (χ1v) is 8.19. The normalized spacial score (nSPS) is 12.6. The highest BCUT2D eigenvalue weighted by Gasteiger charge is 2.12. The molecule has 0 saturated heterocycles. The molecule has 3 rings (SSSR count). The molecule has 21 heavy (non-hydrogen) atoms. The first-order chi connectivity index (χ1) is 10.0. The first kappa shape index (κ1) is 14.6. The number of nitrogens with one attached hydrogen (secondary N) is 1. The lowest BCUT2D eigenvalue weighted by Gasteiger charge is -2.14. The van der Waals surface area contributed by atoms with E-state index in [0.29, 0.717) is 10.0 Å². The zero-order chi connectivity index (χ0) is 15.0. The van der Waals surface area contributed by atoms with E-state index in [2.05, 4.69) is 36.3 Å². The number of thiazole rings is 1. The number of aryl methyl sites for hydroxylation is 1. The van der Waals surface area contributed by atoms with Crippen LogP contribution < -0.4 is 5.32 Å². The molecule has 5 heteroatoms. The average Bonchev–Trinajstić information content (AvgIpc) is 2.79. The summed E-state index contributed by atoms with van der Waals surface area (Å²) in [4.78, 5) is 4.60. The van der Waals surface area contributed by atoms with Gasteiger partial charge in [-0.1, -0.05) is 46.7 Å². The van der Waals surface area contributed by atoms with E-state index in [1.54, 1.807) is 17.4 Å². The number of benzene rings is 2. The second-order valence-corrected chi connectivity index (χ2v) is 6.90. The Kier molecular flexibility index (Phi) is 4.07. The molecule has 1 heterocycles. The molecule has 1 aromatic heterocycles. The van der Waals surface area contributed by atoms with Crippen LogP contribution in [0.25, 0.3) is 10.2 Å². The van der Waals surface area contributed by atoms with Gasteiger partial charge in [-0.05, 0) is 49.2 Å². The zero-order valence-corrected chi connectivity index (χ0v) is 14.0. The van der Waals surface area contributed by atoms with Crippen LogP contribution in [-0.4, -0.2) is 4.98 Å². The number of hydrogen-bond acceptors (Lipinski definition) is 3. The SMILES string of the molecule is Cc1ccc2nc(NC(C)c3ccc(Cl)cc3Cl)sc2c1. The van der Waals surface area contributed by atoms with Crippen LogP contribution in [0.2, 0.25) is 10.0 Å². The second-order valence-electron chi connectivity index (χ2n) is 5.02. The molecular formula is C16H14Cl2N2S. The molecule has 2 aromatic carbocycles. The van der Waals surface area contributed by atoms with Crippen molar-refractivity contribution in [1.82, 2.24) is 4.98 Å². The van der Waals surface area contributed by atoms with E-state index in [9.17, 15) is 0 Å². The summed E-state index contributed by atoms with van der Waals surface area (Å²) in [6.45, 7) is 4.15. The van der Waals surface area contributed by atoms with E-state index in [4.69, 9.17) is 23.2 Å². The molecule has 0 aliphatic heterocycles. The van der Waals surface area contributed by atoms with E-state index in [1.807, 2.05) is 18.2 Å². The van der Waals surface area contributed by atoms with Crippen molar-refractivity contribution < 1.29 is 0 Å². The zero-order valence-electron chi connectivity index (χ0n) is 11.7. The lowest BCUT2D eigenvalue weighted by molar-refractivity contribution is 0.883. The van der Waals surface area contributed by atoms with Gasteiger partial charge in [0, 0.05) is 10.0 Å². The highest BCUT2D eigenvalue weighted by molar-refractivity contribution is 7.22. The largest absolute Gasteiger partial charge is 0.355 e. The molecule has 2 nitrogen and oxygen atoms in total. The van der Waals surface area contributed by atoms with Gasteiger partial charge in [0.15, 0.2) is 5.13 Å². The third-order valence-electron chi connectivity index (χ3n) is 3.31. The number of rotatable bonds is 3. The minimum Gasteiger partial charge on any atom is -0.355 e. The first-order valence-electron chi connectivity index (χ1n) is 6.61. The van der Waals surface area contributed by atoms with Crippen LogP contribution in [-0.2, 0) is 0 Å². The molecule has 1 unspecified atom stereocenters. The molecule has 1 N–H and O–H groups in total. The van der Waals surface area contributed by atoms with E-state index in [1.165, 1.54) is 10.3 Å². The molecule has 0 radical (unpaired) electrons. The minimum absolute atomic E-state index is 0.0661. The molecule has 0 spiro atoms. The Balaban J connectivity index is 1.87. The molecule has 1 atom stereocenters. The fourth-order valence-electron chi connectivity index (χ4n) is 2.21. The van der Waals surface area contributed by atoms with Crippen molar-refractivity contribution in [2.75, 3.05) is 5.32 Å². The summed E-state index contributed by atoms with van der Waals surface area (Å²) in [7, 11) is 0. The Labute approximate surface area is 137 Å². The van der Waals surface area contributed by atoms with Crippen LogP contribution in [0.5, 0.6) is 0 Å². The minimum atomic E-state index is 0.0661. The van der Waals surface area contributed by atoms with Crippen molar-refractivity contribution in [1.29, 1.82) is 0 Å². The topological polar surface area (TPSA) is 24.9 Å². The summed E-state index contributed by atoms with van der Waals surface area (Å²) in [5.41, 5.74) is 3.27. The number of anilines is 1. The van der Waals surface area contributed by atoms with Gasteiger partial charge in [0.05, 0.1) is 16.3 Å². The van der Waals surface area contributed by atoms with Gasteiger partial charge in [0.25, 0.3) is 0 Å².